The van der Waals surface area contributed by atoms with E-state index in [1.54, 1.807) is 35.5 Å². The molecule has 2 aliphatic rings. The Labute approximate surface area is 190 Å². The molecule has 0 aliphatic carbocycles. The van der Waals surface area contributed by atoms with Crippen molar-refractivity contribution in [1.29, 1.82) is 0 Å². The van der Waals surface area contributed by atoms with Crippen molar-refractivity contribution in [2.24, 2.45) is 0 Å². The highest BCUT2D eigenvalue weighted by Crippen LogP contribution is 2.26. The number of rotatable bonds is 6. The summed E-state index contributed by atoms with van der Waals surface area (Å²) in [5.74, 6) is -0.251. The SMILES string of the molecule is Cc1ccc(NC(=O)c2cccc(CN3CCOCC3)c2)cc1S(=O)(=O)N1CCCCC1. The summed E-state index contributed by atoms with van der Waals surface area (Å²) >= 11 is 0. The van der Waals surface area contributed by atoms with Gasteiger partial charge in [0.2, 0.25) is 10.0 Å². The minimum absolute atomic E-state index is 0.251. The van der Waals surface area contributed by atoms with Gasteiger partial charge in [0.15, 0.2) is 0 Å². The van der Waals surface area contributed by atoms with Gasteiger partial charge < -0.3 is 10.1 Å². The van der Waals surface area contributed by atoms with E-state index in [1.165, 1.54) is 0 Å². The third-order valence-corrected chi connectivity index (χ3v) is 8.12. The van der Waals surface area contributed by atoms with E-state index in [1.807, 2.05) is 18.2 Å². The number of carbonyl (C=O) groups is 1. The lowest BCUT2D eigenvalue weighted by Crippen LogP contribution is -2.36. The van der Waals surface area contributed by atoms with Crippen LogP contribution in [0.3, 0.4) is 0 Å². The number of nitrogens with one attached hydrogen (secondary N) is 1. The predicted octanol–water partition coefficient (Wildman–Crippen LogP) is 3.25. The molecule has 4 rings (SSSR count). The Hall–Kier alpha value is -2.26. The van der Waals surface area contributed by atoms with Crippen LogP contribution in [0.2, 0.25) is 0 Å². The maximum atomic E-state index is 13.1. The molecule has 0 unspecified atom stereocenters. The molecule has 0 aromatic heterocycles. The lowest BCUT2D eigenvalue weighted by molar-refractivity contribution is 0.0342. The zero-order valence-electron chi connectivity index (χ0n) is 18.5. The number of anilines is 1. The molecule has 2 aromatic rings. The van der Waals surface area contributed by atoms with Crippen LogP contribution in [0.4, 0.5) is 5.69 Å². The van der Waals surface area contributed by atoms with E-state index < -0.39 is 10.0 Å². The van der Waals surface area contributed by atoms with Gasteiger partial charge in [-0.2, -0.15) is 4.31 Å². The molecule has 0 spiro atoms. The Morgan fingerprint density at radius 3 is 2.50 bits per heavy atom. The monoisotopic (exact) mass is 457 g/mol. The summed E-state index contributed by atoms with van der Waals surface area (Å²) in [7, 11) is -3.57. The minimum Gasteiger partial charge on any atom is -0.379 e. The van der Waals surface area contributed by atoms with Gasteiger partial charge in [0.25, 0.3) is 5.91 Å². The standard InChI is InChI=1S/C24H31N3O4S/c1-19-8-9-22(17-23(19)32(29,30)27-10-3-2-4-11-27)25-24(28)21-7-5-6-20(16-21)18-26-12-14-31-15-13-26/h5-9,16-17H,2-4,10-15,18H2,1H3,(H,25,28). The van der Waals surface area contributed by atoms with Crippen LogP contribution in [0.15, 0.2) is 47.4 Å². The second-order valence-electron chi connectivity index (χ2n) is 8.49. The first-order valence-corrected chi connectivity index (χ1v) is 12.7. The maximum absolute atomic E-state index is 13.1. The molecule has 0 bridgehead atoms. The molecule has 2 saturated heterocycles. The molecule has 1 amide bonds. The van der Waals surface area contributed by atoms with Crippen molar-refractivity contribution in [3.63, 3.8) is 0 Å². The summed E-state index contributed by atoms with van der Waals surface area (Å²) in [6.07, 6.45) is 2.83. The van der Waals surface area contributed by atoms with Gasteiger partial charge in [0, 0.05) is 44.0 Å². The van der Waals surface area contributed by atoms with E-state index in [4.69, 9.17) is 4.74 Å². The van der Waals surface area contributed by atoms with Crippen molar-refractivity contribution in [2.75, 3.05) is 44.7 Å². The molecule has 32 heavy (non-hydrogen) atoms. The van der Waals surface area contributed by atoms with Gasteiger partial charge in [-0.05, 0) is 55.2 Å². The molecule has 2 aromatic carbocycles. The summed E-state index contributed by atoms with van der Waals surface area (Å²) in [5.41, 5.74) is 2.78. The highest BCUT2D eigenvalue weighted by Gasteiger charge is 2.27. The fraction of sp³-hybridized carbons (Fsp3) is 0.458. The summed E-state index contributed by atoms with van der Waals surface area (Å²) in [6, 6.07) is 12.6. The fourth-order valence-electron chi connectivity index (χ4n) is 4.23. The number of ether oxygens (including phenoxy) is 1. The van der Waals surface area contributed by atoms with Gasteiger partial charge in [-0.15, -0.1) is 0 Å². The van der Waals surface area contributed by atoms with Gasteiger partial charge in [-0.25, -0.2) is 8.42 Å². The average molecular weight is 458 g/mol. The number of amides is 1. The van der Waals surface area contributed by atoms with Crippen LogP contribution in [-0.4, -0.2) is 62.9 Å². The molecule has 2 fully saturated rings. The van der Waals surface area contributed by atoms with Gasteiger partial charge in [0.1, 0.15) is 0 Å². The number of morpholine rings is 1. The molecule has 0 radical (unpaired) electrons. The predicted molar refractivity (Wildman–Crippen MR) is 124 cm³/mol. The molecule has 2 heterocycles. The minimum atomic E-state index is -3.57. The van der Waals surface area contributed by atoms with Gasteiger partial charge in [-0.3, -0.25) is 9.69 Å². The van der Waals surface area contributed by atoms with E-state index in [2.05, 4.69) is 10.2 Å². The summed E-state index contributed by atoms with van der Waals surface area (Å²) < 4.78 is 33.2. The van der Waals surface area contributed by atoms with Gasteiger partial charge in [-0.1, -0.05) is 24.6 Å². The number of hydrogen-bond acceptors (Lipinski definition) is 5. The fourth-order valence-corrected chi connectivity index (χ4v) is 6.00. The molecule has 1 N–H and O–H groups in total. The number of piperidine rings is 1. The van der Waals surface area contributed by atoms with Crippen LogP contribution in [0.5, 0.6) is 0 Å². The summed E-state index contributed by atoms with van der Waals surface area (Å²) in [5, 5.41) is 2.88. The number of sulfonamides is 1. The number of hydrogen-bond donors (Lipinski definition) is 1. The Bertz CT molecular complexity index is 1060. The lowest BCUT2D eigenvalue weighted by atomic mass is 10.1. The van der Waals surface area contributed by atoms with Crippen molar-refractivity contribution >= 4 is 21.6 Å². The van der Waals surface area contributed by atoms with Crippen molar-refractivity contribution in [2.45, 2.75) is 37.6 Å². The maximum Gasteiger partial charge on any atom is 0.255 e. The van der Waals surface area contributed by atoms with Crippen LogP contribution < -0.4 is 5.32 Å². The Morgan fingerprint density at radius 1 is 1.00 bits per heavy atom. The zero-order chi connectivity index (χ0) is 22.6. The first-order valence-electron chi connectivity index (χ1n) is 11.2. The van der Waals surface area contributed by atoms with E-state index in [-0.39, 0.29) is 10.8 Å². The first-order chi connectivity index (χ1) is 15.4. The van der Waals surface area contributed by atoms with Crippen molar-refractivity contribution in [3.8, 4) is 0 Å². The molecular formula is C24H31N3O4S. The van der Waals surface area contributed by atoms with E-state index >= 15 is 0 Å². The van der Waals surface area contributed by atoms with Gasteiger partial charge >= 0.3 is 0 Å². The molecular weight excluding hydrogens is 426 g/mol. The van der Waals surface area contributed by atoms with Crippen molar-refractivity contribution in [3.05, 3.63) is 59.2 Å². The van der Waals surface area contributed by atoms with Crippen LogP contribution in [0.1, 0.15) is 40.7 Å². The third kappa shape index (κ3) is 5.38. The molecule has 0 atom stereocenters. The van der Waals surface area contributed by atoms with E-state index in [0.717, 1.165) is 57.7 Å². The molecule has 8 heteroatoms. The quantitative estimate of drug-likeness (QED) is 0.720. The Kier molecular flexibility index (Phi) is 7.25. The third-order valence-electron chi connectivity index (χ3n) is 6.08. The highest BCUT2D eigenvalue weighted by atomic mass is 32.2. The largest absolute Gasteiger partial charge is 0.379 e. The number of nitrogens with zero attached hydrogens (tertiary/aromatic N) is 2. The normalized spacial score (nSPS) is 18.4. The Balaban J connectivity index is 1.49. The van der Waals surface area contributed by atoms with E-state index in [0.29, 0.717) is 29.9 Å². The highest BCUT2D eigenvalue weighted by molar-refractivity contribution is 7.89. The Morgan fingerprint density at radius 2 is 1.75 bits per heavy atom. The summed E-state index contributed by atoms with van der Waals surface area (Å²) in [4.78, 5) is 15.5. The first kappa shape index (κ1) is 22.9. The zero-order valence-corrected chi connectivity index (χ0v) is 19.4. The van der Waals surface area contributed by atoms with Crippen molar-refractivity contribution in [1.82, 2.24) is 9.21 Å². The average Bonchev–Trinajstić information content (AvgIpc) is 2.81. The summed E-state index contributed by atoms with van der Waals surface area (Å²) in [6.45, 7) is 6.89. The molecule has 2 aliphatic heterocycles. The second-order valence-corrected chi connectivity index (χ2v) is 10.4. The number of aryl methyl sites for hydroxylation is 1. The molecule has 7 nitrogen and oxygen atoms in total. The van der Waals surface area contributed by atoms with E-state index in [9.17, 15) is 13.2 Å². The second kappa shape index (κ2) is 10.1. The number of benzene rings is 2. The van der Waals surface area contributed by atoms with Gasteiger partial charge in [0.05, 0.1) is 18.1 Å². The number of carbonyl (C=O) groups excluding carboxylic acids is 1. The van der Waals surface area contributed by atoms with Crippen LogP contribution in [0.25, 0.3) is 0 Å². The molecule has 0 saturated carbocycles. The van der Waals surface area contributed by atoms with Crippen molar-refractivity contribution < 1.29 is 17.9 Å². The van der Waals surface area contributed by atoms with Crippen LogP contribution in [0, 0.1) is 6.92 Å². The lowest BCUT2D eigenvalue weighted by Gasteiger charge is -2.27. The molecule has 172 valence electrons. The van der Waals surface area contributed by atoms with Crippen LogP contribution >= 0.6 is 0 Å². The topological polar surface area (TPSA) is 79.0 Å². The smallest absolute Gasteiger partial charge is 0.255 e. The van der Waals surface area contributed by atoms with Crippen LogP contribution in [-0.2, 0) is 21.3 Å².